The van der Waals surface area contributed by atoms with Crippen molar-refractivity contribution in [2.75, 3.05) is 24.2 Å². The van der Waals surface area contributed by atoms with Crippen LogP contribution in [0.1, 0.15) is 33.1 Å². The molecular weight excluding hydrogens is 292 g/mol. The van der Waals surface area contributed by atoms with Crippen molar-refractivity contribution in [2.24, 2.45) is 0 Å². The predicted molar refractivity (Wildman–Crippen MR) is 84.1 cm³/mol. The number of thioether (sulfide) groups is 1. The second-order valence-electron chi connectivity index (χ2n) is 4.42. The van der Waals surface area contributed by atoms with Crippen molar-refractivity contribution in [3.8, 4) is 0 Å². The van der Waals surface area contributed by atoms with Gasteiger partial charge in [0.15, 0.2) is 4.34 Å². The van der Waals surface area contributed by atoms with Crippen molar-refractivity contribution in [3.63, 3.8) is 0 Å². The maximum absolute atomic E-state index is 12.3. The van der Waals surface area contributed by atoms with Crippen LogP contribution in [0.4, 0.5) is 5.13 Å². The zero-order valence-corrected chi connectivity index (χ0v) is 13.5. The van der Waals surface area contributed by atoms with E-state index in [0.717, 1.165) is 41.8 Å². The third-order valence-electron chi connectivity index (χ3n) is 3.03. The van der Waals surface area contributed by atoms with Gasteiger partial charge in [-0.05, 0) is 33.1 Å². The van der Waals surface area contributed by atoms with Crippen LogP contribution < -0.4 is 5.32 Å². The van der Waals surface area contributed by atoms with Gasteiger partial charge in [0.05, 0.1) is 5.75 Å². The molecule has 110 valence electrons. The number of rotatable bonds is 7. The maximum Gasteiger partial charge on any atom is 0.237 e. The van der Waals surface area contributed by atoms with Gasteiger partial charge in [0.1, 0.15) is 0 Å². The summed E-state index contributed by atoms with van der Waals surface area (Å²) in [6.07, 6.45) is 5.46. The van der Waals surface area contributed by atoms with E-state index in [2.05, 4.69) is 21.6 Å². The molecule has 7 heteroatoms. The zero-order chi connectivity index (χ0) is 14.4. The molecule has 20 heavy (non-hydrogen) atoms. The number of hydrogen-bond donors (Lipinski definition) is 1. The highest BCUT2D eigenvalue weighted by Crippen LogP contribution is 2.27. The monoisotopic (exact) mass is 312 g/mol. The van der Waals surface area contributed by atoms with Gasteiger partial charge in [-0.25, -0.2) is 0 Å². The summed E-state index contributed by atoms with van der Waals surface area (Å²) in [5, 5.41) is 12.0. The molecule has 0 atom stereocenters. The van der Waals surface area contributed by atoms with Gasteiger partial charge >= 0.3 is 0 Å². The van der Waals surface area contributed by atoms with Gasteiger partial charge in [0, 0.05) is 18.8 Å². The van der Waals surface area contributed by atoms with Crippen LogP contribution in [0.3, 0.4) is 0 Å². The zero-order valence-electron chi connectivity index (χ0n) is 11.9. The molecule has 1 aliphatic carbocycles. The average molecular weight is 312 g/mol. The Hall–Kier alpha value is -1.08. The largest absolute Gasteiger partial charge is 0.360 e. The molecule has 0 bridgehead atoms. The highest BCUT2D eigenvalue weighted by atomic mass is 32.2. The third-order valence-corrected chi connectivity index (χ3v) is 5.03. The van der Waals surface area contributed by atoms with Crippen LogP contribution in [-0.2, 0) is 4.79 Å². The van der Waals surface area contributed by atoms with Gasteiger partial charge < -0.3 is 10.2 Å². The van der Waals surface area contributed by atoms with Crippen LogP contribution in [0.25, 0.3) is 0 Å². The molecule has 1 aliphatic rings. The first-order valence-corrected chi connectivity index (χ1v) is 8.74. The molecule has 0 fully saturated rings. The lowest BCUT2D eigenvalue weighted by molar-refractivity contribution is -0.126. The first-order valence-electron chi connectivity index (χ1n) is 6.94. The second-order valence-corrected chi connectivity index (χ2v) is 6.62. The Morgan fingerprint density at radius 2 is 2.35 bits per heavy atom. The molecule has 0 saturated heterocycles. The number of carbonyl (C=O) groups is 1. The van der Waals surface area contributed by atoms with Crippen LogP contribution in [0.15, 0.2) is 16.1 Å². The summed E-state index contributed by atoms with van der Waals surface area (Å²) in [6, 6.07) is 0. The lowest BCUT2D eigenvalue weighted by atomic mass is 10.3. The fourth-order valence-electron chi connectivity index (χ4n) is 2.13. The smallest absolute Gasteiger partial charge is 0.237 e. The molecule has 1 N–H and O–H groups in total. The lowest BCUT2D eigenvalue weighted by Crippen LogP contribution is -2.31. The molecule has 5 nitrogen and oxygen atoms in total. The molecule has 0 spiro atoms. The summed E-state index contributed by atoms with van der Waals surface area (Å²) in [6.45, 7) is 5.61. The Kier molecular flexibility index (Phi) is 5.85. The highest BCUT2D eigenvalue weighted by Gasteiger charge is 2.19. The molecular formula is C13H20N4OS2. The summed E-state index contributed by atoms with van der Waals surface area (Å²) in [5.74, 6) is 0.581. The number of hydrogen-bond acceptors (Lipinski definition) is 6. The summed E-state index contributed by atoms with van der Waals surface area (Å²) in [5.41, 5.74) is 1.18. The molecule has 0 aliphatic heterocycles. The Morgan fingerprint density at radius 1 is 1.50 bits per heavy atom. The van der Waals surface area contributed by atoms with E-state index in [1.165, 1.54) is 28.8 Å². The van der Waals surface area contributed by atoms with Gasteiger partial charge in [-0.2, -0.15) is 0 Å². The standard InChI is InChI=1S/C13H20N4OS2/c1-3-14-12-15-16-13(20-12)19-9-11(18)17(4-2)10-7-5-6-8-10/h7H,3-6,8-9H2,1-2H3,(H,14,15). The molecule has 1 aromatic heterocycles. The minimum atomic E-state index is 0.158. The number of allylic oxidation sites excluding steroid dienone is 2. The van der Waals surface area contributed by atoms with E-state index in [-0.39, 0.29) is 5.91 Å². The van der Waals surface area contributed by atoms with Crippen molar-refractivity contribution >= 4 is 34.1 Å². The van der Waals surface area contributed by atoms with Crippen molar-refractivity contribution in [1.82, 2.24) is 15.1 Å². The lowest BCUT2D eigenvalue weighted by Gasteiger charge is -2.21. The first kappa shape index (κ1) is 15.3. The summed E-state index contributed by atoms with van der Waals surface area (Å²) >= 11 is 2.96. The van der Waals surface area contributed by atoms with Crippen molar-refractivity contribution in [3.05, 3.63) is 11.8 Å². The maximum atomic E-state index is 12.3. The van der Waals surface area contributed by atoms with E-state index in [1.807, 2.05) is 18.7 Å². The predicted octanol–water partition coefficient (Wildman–Crippen LogP) is 2.98. The van der Waals surface area contributed by atoms with Crippen molar-refractivity contribution in [1.29, 1.82) is 0 Å². The molecule has 2 rings (SSSR count). The quantitative estimate of drug-likeness (QED) is 0.784. The van der Waals surface area contributed by atoms with Crippen molar-refractivity contribution in [2.45, 2.75) is 37.4 Å². The Balaban J connectivity index is 1.86. The van der Waals surface area contributed by atoms with Crippen LogP contribution in [0.5, 0.6) is 0 Å². The molecule has 0 radical (unpaired) electrons. The Labute approximate surface area is 127 Å². The topological polar surface area (TPSA) is 58.1 Å². The van der Waals surface area contributed by atoms with E-state index in [4.69, 9.17) is 0 Å². The minimum absolute atomic E-state index is 0.158. The van der Waals surface area contributed by atoms with Gasteiger partial charge in [-0.15, -0.1) is 10.2 Å². The summed E-state index contributed by atoms with van der Waals surface area (Å²) in [7, 11) is 0. The molecule has 1 aromatic rings. The van der Waals surface area contributed by atoms with Crippen molar-refractivity contribution < 1.29 is 4.79 Å². The number of aromatic nitrogens is 2. The molecule has 1 heterocycles. The Bertz CT molecular complexity index is 486. The molecule has 1 amide bonds. The highest BCUT2D eigenvalue weighted by molar-refractivity contribution is 8.01. The molecule has 0 unspecified atom stereocenters. The van der Waals surface area contributed by atoms with E-state index in [1.54, 1.807) is 0 Å². The molecule has 0 aromatic carbocycles. The van der Waals surface area contributed by atoms with Crippen LogP contribution >= 0.6 is 23.1 Å². The number of anilines is 1. The third kappa shape index (κ3) is 3.96. The van der Waals surface area contributed by atoms with E-state index in [9.17, 15) is 4.79 Å². The number of nitrogens with one attached hydrogen (secondary N) is 1. The van der Waals surface area contributed by atoms with Gasteiger partial charge in [-0.3, -0.25) is 4.79 Å². The van der Waals surface area contributed by atoms with Gasteiger partial charge in [0.25, 0.3) is 0 Å². The first-order chi connectivity index (χ1) is 9.74. The number of nitrogens with zero attached hydrogens (tertiary/aromatic N) is 3. The fourth-order valence-corrected chi connectivity index (χ4v) is 3.83. The average Bonchev–Trinajstić information content (AvgIpc) is 3.09. The fraction of sp³-hybridized carbons (Fsp3) is 0.615. The second kappa shape index (κ2) is 7.64. The SMILES string of the molecule is CCNc1nnc(SCC(=O)N(CC)C2=CCCC2)s1. The summed E-state index contributed by atoms with van der Waals surface area (Å²) < 4.78 is 0.839. The van der Waals surface area contributed by atoms with Gasteiger partial charge in [-0.1, -0.05) is 29.2 Å². The Morgan fingerprint density at radius 3 is 3.00 bits per heavy atom. The van der Waals surface area contributed by atoms with E-state index < -0.39 is 0 Å². The van der Waals surface area contributed by atoms with E-state index in [0.29, 0.717) is 5.75 Å². The van der Waals surface area contributed by atoms with Crippen LogP contribution in [0, 0.1) is 0 Å². The van der Waals surface area contributed by atoms with Crippen LogP contribution in [0.2, 0.25) is 0 Å². The minimum Gasteiger partial charge on any atom is -0.360 e. The van der Waals surface area contributed by atoms with E-state index >= 15 is 0 Å². The number of carbonyl (C=O) groups excluding carboxylic acids is 1. The van der Waals surface area contributed by atoms with Crippen LogP contribution in [-0.4, -0.2) is 39.8 Å². The number of amides is 1. The van der Waals surface area contributed by atoms with Gasteiger partial charge in [0.2, 0.25) is 11.0 Å². The normalized spacial score (nSPS) is 14.2. The summed E-state index contributed by atoms with van der Waals surface area (Å²) in [4.78, 5) is 14.2. The molecule has 0 saturated carbocycles.